The number of hydrogen-bond acceptors (Lipinski definition) is 4. The Kier molecular flexibility index (Phi) is 9.99. The van der Waals surface area contributed by atoms with Gasteiger partial charge in [0.15, 0.2) is 0 Å². The second-order valence-corrected chi connectivity index (χ2v) is 12.8. The first-order valence-electron chi connectivity index (χ1n) is 15.2. The molecule has 0 spiro atoms. The summed E-state index contributed by atoms with van der Waals surface area (Å²) in [5.41, 5.74) is 6.50. The minimum atomic E-state index is 0.0774. The molecule has 39 heavy (non-hydrogen) atoms. The fourth-order valence-corrected chi connectivity index (χ4v) is 7.36. The summed E-state index contributed by atoms with van der Waals surface area (Å²) in [4.78, 5) is 16.6. The van der Waals surface area contributed by atoms with E-state index in [1.807, 2.05) is 6.07 Å². The third-order valence-electron chi connectivity index (χ3n) is 9.27. The summed E-state index contributed by atoms with van der Waals surface area (Å²) in [6.45, 7) is 13.6. The molecule has 5 rings (SSSR count). The second kappa shape index (κ2) is 13.6. The molecule has 2 aromatic rings. The van der Waals surface area contributed by atoms with Gasteiger partial charge in [0.25, 0.3) is 0 Å². The first-order valence-corrected chi connectivity index (χ1v) is 15.6. The zero-order valence-corrected chi connectivity index (χ0v) is 24.7. The molecule has 5 nitrogen and oxygen atoms in total. The summed E-state index contributed by atoms with van der Waals surface area (Å²) in [6.07, 6.45) is 7.70. The van der Waals surface area contributed by atoms with E-state index >= 15 is 0 Å². The number of aryl methyl sites for hydroxylation is 1. The van der Waals surface area contributed by atoms with Crippen molar-refractivity contribution in [3.8, 4) is 11.1 Å². The lowest BCUT2D eigenvalue weighted by Crippen LogP contribution is -2.39. The largest absolute Gasteiger partial charge is 0.356 e. The fraction of sp³-hybridized carbons (Fsp3) is 0.606. The van der Waals surface area contributed by atoms with Gasteiger partial charge in [-0.1, -0.05) is 23.7 Å². The predicted octanol–water partition coefficient (Wildman–Crippen LogP) is 5.88. The number of nitrogens with zero attached hydrogens (tertiary/aromatic N) is 2. The van der Waals surface area contributed by atoms with Gasteiger partial charge in [-0.15, -0.1) is 0 Å². The Bertz CT molecular complexity index is 1080. The molecule has 2 aromatic carbocycles. The van der Waals surface area contributed by atoms with Crippen LogP contribution in [0.25, 0.3) is 11.1 Å². The molecule has 6 heteroatoms. The van der Waals surface area contributed by atoms with Gasteiger partial charge in [-0.25, -0.2) is 0 Å². The standard InChI is InChI=1S/C33H47ClN4O/c1-24-15-31(20-33(34)16-24)32-18-27(22-37-11-5-26(6-12-37)21-36-25(2)39)17-28(19-32)23-38-13-7-30(8-14-38)29-3-9-35-10-4-29/h15-20,26,29-30,35H,3-14,21-23H2,1-2H3,(H,36,39). The number of benzene rings is 2. The number of hydrogen-bond donors (Lipinski definition) is 2. The van der Waals surface area contributed by atoms with Crippen molar-refractivity contribution < 1.29 is 4.79 Å². The highest BCUT2D eigenvalue weighted by Crippen LogP contribution is 2.32. The second-order valence-electron chi connectivity index (χ2n) is 12.4. The molecule has 212 valence electrons. The minimum Gasteiger partial charge on any atom is -0.356 e. The quantitative estimate of drug-likeness (QED) is 0.431. The van der Waals surface area contributed by atoms with Crippen LogP contribution in [-0.2, 0) is 17.9 Å². The summed E-state index contributed by atoms with van der Waals surface area (Å²) in [7, 11) is 0. The maximum atomic E-state index is 11.3. The van der Waals surface area contributed by atoms with E-state index in [1.165, 1.54) is 79.7 Å². The lowest BCUT2D eigenvalue weighted by Gasteiger charge is -2.38. The number of likely N-dealkylation sites (tertiary alicyclic amines) is 2. The van der Waals surface area contributed by atoms with Crippen molar-refractivity contribution in [2.45, 2.75) is 65.5 Å². The smallest absolute Gasteiger partial charge is 0.216 e. The molecule has 3 fully saturated rings. The maximum absolute atomic E-state index is 11.3. The van der Waals surface area contributed by atoms with Gasteiger partial charge < -0.3 is 10.6 Å². The molecule has 0 bridgehead atoms. The molecule has 3 aliphatic rings. The van der Waals surface area contributed by atoms with Crippen molar-refractivity contribution >= 4 is 17.5 Å². The van der Waals surface area contributed by atoms with Gasteiger partial charge >= 0.3 is 0 Å². The van der Waals surface area contributed by atoms with Crippen molar-refractivity contribution in [2.24, 2.45) is 17.8 Å². The van der Waals surface area contributed by atoms with Gasteiger partial charge in [0.1, 0.15) is 0 Å². The predicted molar refractivity (Wildman–Crippen MR) is 162 cm³/mol. The average molecular weight is 551 g/mol. The van der Waals surface area contributed by atoms with Gasteiger partial charge in [0, 0.05) is 31.6 Å². The van der Waals surface area contributed by atoms with E-state index in [0.717, 1.165) is 62.4 Å². The topological polar surface area (TPSA) is 47.6 Å². The number of amides is 1. The molecule has 0 radical (unpaired) electrons. The van der Waals surface area contributed by atoms with Gasteiger partial charge in [0.05, 0.1) is 0 Å². The van der Waals surface area contributed by atoms with Crippen molar-refractivity contribution in [3.05, 3.63) is 58.1 Å². The Hall–Kier alpha value is -1.92. The van der Waals surface area contributed by atoms with Crippen LogP contribution in [-0.4, -0.2) is 61.5 Å². The molecule has 0 aliphatic carbocycles. The Balaban J connectivity index is 1.26. The molecule has 3 saturated heterocycles. The summed E-state index contributed by atoms with van der Waals surface area (Å²) in [5, 5.41) is 7.34. The molecule has 2 N–H and O–H groups in total. The number of carbonyl (C=O) groups is 1. The van der Waals surface area contributed by atoms with Gasteiger partial charge in [-0.2, -0.15) is 0 Å². The van der Waals surface area contributed by atoms with Crippen LogP contribution >= 0.6 is 11.6 Å². The molecule has 0 unspecified atom stereocenters. The number of halogens is 1. The minimum absolute atomic E-state index is 0.0774. The van der Waals surface area contributed by atoms with Gasteiger partial charge in [-0.3, -0.25) is 14.6 Å². The summed E-state index contributed by atoms with van der Waals surface area (Å²) in [5.74, 6) is 2.51. The average Bonchev–Trinajstić information content (AvgIpc) is 2.93. The van der Waals surface area contributed by atoms with Gasteiger partial charge in [0.2, 0.25) is 5.91 Å². The fourth-order valence-electron chi connectivity index (χ4n) is 7.07. The normalized spacial score (nSPS) is 20.8. The van der Waals surface area contributed by atoms with Crippen molar-refractivity contribution in [1.29, 1.82) is 0 Å². The summed E-state index contributed by atoms with van der Waals surface area (Å²) in [6, 6.07) is 13.6. The van der Waals surface area contributed by atoms with E-state index in [1.54, 1.807) is 6.92 Å². The third kappa shape index (κ3) is 8.29. The molecule has 0 atom stereocenters. The van der Waals surface area contributed by atoms with Crippen LogP contribution in [0.15, 0.2) is 36.4 Å². The summed E-state index contributed by atoms with van der Waals surface area (Å²) < 4.78 is 0. The highest BCUT2D eigenvalue weighted by Gasteiger charge is 2.27. The molecule has 3 heterocycles. The van der Waals surface area contributed by atoms with Crippen molar-refractivity contribution in [3.63, 3.8) is 0 Å². The third-order valence-corrected chi connectivity index (χ3v) is 9.49. The number of carbonyl (C=O) groups excluding carboxylic acids is 1. The lowest BCUT2D eigenvalue weighted by atomic mass is 9.79. The van der Waals surface area contributed by atoms with E-state index < -0.39 is 0 Å². The SMILES string of the molecule is CC(=O)NCC1CCN(Cc2cc(CN3CCC(C4CCNCC4)CC3)cc(-c3cc(C)cc(Cl)c3)c2)CC1. The Morgan fingerprint density at radius 3 is 1.97 bits per heavy atom. The van der Waals surface area contributed by atoms with Crippen LogP contribution in [0.5, 0.6) is 0 Å². The zero-order valence-electron chi connectivity index (χ0n) is 24.0. The van der Waals surface area contributed by atoms with Crippen LogP contribution in [0.4, 0.5) is 0 Å². The van der Waals surface area contributed by atoms with Crippen LogP contribution in [0.2, 0.25) is 5.02 Å². The highest BCUT2D eigenvalue weighted by molar-refractivity contribution is 6.31. The molecule has 1 amide bonds. The Labute approximate surface area is 240 Å². The number of piperidine rings is 3. The first-order chi connectivity index (χ1) is 18.9. The zero-order chi connectivity index (χ0) is 27.2. The van der Waals surface area contributed by atoms with Crippen LogP contribution < -0.4 is 10.6 Å². The monoisotopic (exact) mass is 550 g/mol. The summed E-state index contributed by atoms with van der Waals surface area (Å²) >= 11 is 6.48. The molecular formula is C33H47ClN4O. The van der Waals surface area contributed by atoms with Crippen LogP contribution in [0.1, 0.15) is 62.1 Å². The van der Waals surface area contributed by atoms with Crippen molar-refractivity contribution in [2.75, 3.05) is 45.8 Å². The van der Waals surface area contributed by atoms with Crippen LogP contribution in [0.3, 0.4) is 0 Å². The molecule has 0 saturated carbocycles. The maximum Gasteiger partial charge on any atom is 0.216 e. The number of rotatable bonds is 8. The van der Waals surface area contributed by atoms with Crippen molar-refractivity contribution in [1.82, 2.24) is 20.4 Å². The number of nitrogens with one attached hydrogen (secondary N) is 2. The Morgan fingerprint density at radius 2 is 1.38 bits per heavy atom. The first kappa shape index (κ1) is 28.6. The molecular weight excluding hydrogens is 504 g/mol. The van der Waals surface area contributed by atoms with E-state index in [2.05, 4.69) is 57.7 Å². The van der Waals surface area contributed by atoms with E-state index in [-0.39, 0.29) is 5.91 Å². The molecule has 0 aromatic heterocycles. The van der Waals surface area contributed by atoms with Gasteiger partial charge in [-0.05, 0) is 155 Å². The lowest BCUT2D eigenvalue weighted by molar-refractivity contribution is -0.119. The Morgan fingerprint density at radius 1 is 0.821 bits per heavy atom. The van der Waals surface area contributed by atoms with Crippen LogP contribution in [0, 0.1) is 24.7 Å². The molecule has 3 aliphatic heterocycles. The van der Waals surface area contributed by atoms with E-state index in [0.29, 0.717) is 5.92 Å². The van der Waals surface area contributed by atoms with E-state index in [9.17, 15) is 4.79 Å². The highest BCUT2D eigenvalue weighted by atomic mass is 35.5. The van der Waals surface area contributed by atoms with E-state index in [4.69, 9.17) is 11.6 Å².